The Kier molecular flexibility index (Phi) is 6.84. The molecule has 0 bridgehead atoms. The van der Waals surface area contributed by atoms with Gasteiger partial charge in [0.2, 0.25) is 0 Å². The first-order chi connectivity index (χ1) is 13.9. The van der Waals surface area contributed by atoms with Gasteiger partial charge < -0.3 is 19.6 Å². The Hall–Kier alpha value is -2.48. The number of ether oxygens (including phenoxy) is 1. The number of rotatable bonds is 8. The van der Waals surface area contributed by atoms with Gasteiger partial charge >= 0.3 is 11.6 Å². The lowest BCUT2D eigenvalue weighted by atomic mass is 9.90. The van der Waals surface area contributed by atoms with Crippen LogP contribution in [0.25, 0.3) is 11.0 Å². The summed E-state index contributed by atoms with van der Waals surface area (Å²) in [5, 5.41) is 12.6. The van der Waals surface area contributed by atoms with Crippen molar-refractivity contribution in [2.24, 2.45) is 0 Å². The van der Waals surface area contributed by atoms with Crippen molar-refractivity contribution in [2.75, 3.05) is 18.6 Å². The molecule has 1 unspecified atom stereocenters. The monoisotopic (exact) mass is 419 g/mol. The molecule has 0 radical (unpaired) electrons. The fourth-order valence-electron chi connectivity index (χ4n) is 3.65. The quantitative estimate of drug-likeness (QED) is 0.634. The van der Waals surface area contributed by atoms with Gasteiger partial charge in [-0.05, 0) is 68.7 Å². The fraction of sp³-hybridized carbons (Fsp3) is 0.476. The van der Waals surface area contributed by atoms with E-state index >= 15 is 0 Å². The summed E-state index contributed by atoms with van der Waals surface area (Å²) in [5.41, 5.74) is 2.65. The molecule has 0 saturated carbocycles. The molecule has 0 saturated heterocycles. The number of hydrogen-bond donors (Lipinski definition) is 2. The van der Waals surface area contributed by atoms with Gasteiger partial charge in [0.25, 0.3) is 5.91 Å². The molecule has 1 atom stereocenters. The minimum absolute atomic E-state index is 0.303. The lowest BCUT2D eigenvalue weighted by Crippen LogP contribution is -2.43. The predicted molar refractivity (Wildman–Crippen MR) is 112 cm³/mol. The minimum atomic E-state index is -1.07. The molecule has 1 aromatic heterocycles. The molecule has 3 rings (SSSR count). The number of carboxylic acids is 1. The molecule has 1 aromatic carbocycles. The number of thioether (sulfide) groups is 1. The molecular formula is C21H25NO6S. The van der Waals surface area contributed by atoms with Crippen molar-refractivity contribution in [2.45, 2.75) is 45.1 Å². The van der Waals surface area contributed by atoms with Crippen molar-refractivity contribution in [3.05, 3.63) is 39.2 Å². The van der Waals surface area contributed by atoms with Crippen LogP contribution in [0.4, 0.5) is 0 Å². The normalized spacial score (nSPS) is 14.3. The molecule has 0 fully saturated rings. The van der Waals surface area contributed by atoms with Gasteiger partial charge in [-0.25, -0.2) is 9.59 Å². The molecule has 156 valence electrons. The highest BCUT2D eigenvalue weighted by Crippen LogP contribution is 2.32. The molecule has 7 nitrogen and oxygen atoms in total. The van der Waals surface area contributed by atoms with Crippen molar-refractivity contribution < 1.29 is 23.8 Å². The number of benzene rings is 1. The summed E-state index contributed by atoms with van der Waals surface area (Å²) in [6.07, 6.45) is 5.85. The van der Waals surface area contributed by atoms with E-state index in [1.54, 1.807) is 13.0 Å². The van der Waals surface area contributed by atoms with Crippen LogP contribution in [-0.2, 0) is 22.4 Å². The number of aliphatic carboxylic acids is 1. The zero-order valence-corrected chi connectivity index (χ0v) is 17.4. The van der Waals surface area contributed by atoms with E-state index in [0.717, 1.165) is 42.2 Å². The topological polar surface area (TPSA) is 106 Å². The van der Waals surface area contributed by atoms with Crippen LogP contribution in [0.2, 0.25) is 0 Å². The molecule has 1 amide bonds. The van der Waals surface area contributed by atoms with Crippen molar-refractivity contribution >= 4 is 34.6 Å². The van der Waals surface area contributed by atoms with Gasteiger partial charge in [-0.2, -0.15) is 11.8 Å². The van der Waals surface area contributed by atoms with E-state index in [-0.39, 0.29) is 12.2 Å². The van der Waals surface area contributed by atoms with Gasteiger partial charge in [0.1, 0.15) is 17.4 Å². The van der Waals surface area contributed by atoms with Crippen molar-refractivity contribution in [3.63, 3.8) is 0 Å². The maximum Gasteiger partial charge on any atom is 0.339 e. The SMILES string of the molecule is CSCCC(NC(=O)COc1ccc2c3c(c(=O)oc2c1C)CCCC3)C(=O)O. The van der Waals surface area contributed by atoms with E-state index in [2.05, 4.69) is 5.32 Å². The largest absolute Gasteiger partial charge is 0.483 e. The summed E-state index contributed by atoms with van der Waals surface area (Å²) in [6.45, 7) is 1.47. The van der Waals surface area contributed by atoms with E-state index in [0.29, 0.717) is 29.1 Å². The van der Waals surface area contributed by atoms with Gasteiger partial charge in [0.05, 0.1) is 0 Å². The Balaban J connectivity index is 1.75. The maximum absolute atomic E-state index is 12.3. The molecule has 0 spiro atoms. The van der Waals surface area contributed by atoms with Crippen LogP contribution in [0.1, 0.15) is 36.0 Å². The van der Waals surface area contributed by atoms with Crippen LogP contribution in [0.5, 0.6) is 5.75 Å². The number of carboxylic acid groups (broad SMARTS) is 1. The summed E-state index contributed by atoms with van der Waals surface area (Å²) in [5.74, 6) is -0.515. The van der Waals surface area contributed by atoms with Gasteiger partial charge in [-0.1, -0.05) is 0 Å². The standard InChI is InChI=1S/C21H25NO6S/c1-12-17(27-11-18(23)22-16(20(24)25)9-10-29-2)8-7-14-13-5-3-4-6-15(13)21(26)28-19(12)14/h7-8,16H,3-6,9-11H2,1-2H3,(H,22,23)(H,24,25). The highest BCUT2D eigenvalue weighted by molar-refractivity contribution is 7.98. The van der Waals surface area contributed by atoms with E-state index in [4.69, 9.17) is 9.15 Å². The second-order valence-corrected chi connectivity index (χ2v) is 8.13. The molecule has 1 aliphatic carbocycles. The third kappa shape index (κ3) is 4.75. The molecule has 1 heterocycles. The first-order valence-electron chi connectivity index (χ1n) is 9.64. The number of carbonyl (C=O) groups is 2. The number of aryl methyl sites for hydroxylation is 2. The van der Waals surface area contributed by atoms with Gasteiger partial charge in [0.15, 0.2) is 6.61 Å². The average molecular weight is 419 g/mol. The lowest BCUT2D eigenvalue weighted by Gasteiger charge is -2.18. The van der Waals surface area contributed by atoms with Crippen LogP contribution >= 0.6 is 11.8 Å². The molecule has 0 aliphatic heterocycles. The van der Waals surface area contributed by atoms with Gasteiger partial charge in [-0.15, -0.1) is 0 Å². The number of amides is 1. The van der Waals surface area contributed by atoms with Crippen LogP contribution < -0.4 is 15.7 Å². The molecule has 8 heteroatoms. The first-order valence-corrected chi connectivity index (χ1v) is 11.0. The molecule has 29 heavy (non-hydrogen) atoms. The number of hydrogen-bond acceptors (Lipinski definition) is 6. The molecule has 1 aliphatic rings. The number of fused-ring (bicyclic) bond motifs is 3. The second-order valence-electron chi connectivity index (χ2n) is 7.15. The summed E-state index contributed by atoms with van der Waals surface area (Å²) >= 11 is 1.52. The van der Waals surface area contributed by atoms with Crippen molar-refractivity contribution in [1.29, 1.82) is 0 Å². The highest BCUT2D eigenvalue weighted by Gasteiger charge is 2.22. The Morgan fingerprint density at radius 3 is 2.69 bits per heavy atom. The second kappa shape index (κ2) is 9.35. The summed E-state index contributed by atoms with van der Waals surface area (Å²) < 4.78 is 11.2. The van der Waals surface area contributed by atoms with Crippen LogP contribution in [-0.4, -0.2) is 41.6 Å². The number of nitrogens with one attached hydrogen (secondary N) is 1. The van der Waals surface area contributed by atoms with Crippen LogP contribution in [0.3, 0.4) is 0 Å². The summed E-state index contributed by atoms with van der Waals surface area (Å²) in [6, 6.07) is 2.68. The Bertz CT molecular complexity index is 983. The summed E-state index contributed by atoms with van der Waals surface area (Å²) in [4.78, 5) is 35.7. The third-order valence-corrected chi connectivity index (χ3v) is 5.84. The smallest absolute Gasteiger partial charge is 0.339 e. The van der Waals surface area contributed by atoms with E-state index in [1.165, 1.54) is 11.8 Å². The third-order valence-electron chi connectivity index (χ3n) is 5.19. The van der Waals surface area contributed by atoms with Gasteiger partial charge in [0, 0.05) is 16.5 Å². The Morgan fingerprint density at radius 2 is 2.00 bits per heavy atom. The fourth-order valence-corrected chi connectivity index (χ4v) is 4.13. The number of carbonyl (C=O) groups excluding carboxylic acids is 1. The Morgan fingerprint density at radius 1 is 1.28 bits per heavy atom. The lowest BCUT2D eigenvalue weighted by molar-refractivity contribution is -0.142. The molecule has 2 N–H and O–H groups in total. The molecular weight excluding hydrogens is 394 g/mol. The van der Waals surface area contributed by atoms with Crippen molar-refractivity contribution in [1.82, 2.24) is 5.32 Å². The average Bonchev–Trinajstić information content (AvgIpc) is 2.71. The van der Waals surface area contributed by atoms with Crippen LogP contribution in [0, 0.1) is 6.92 Å². The van der Waals surface area contributed by atoms with Crippen LogP contribution in [0.15, 0.2) is 21.3 Å². The van der Waals surface area contributed by atoms with Gasteiger partial charge in [-0.3, -0.25) is 4.79 Å². The molecule has 2 aromatic rings. The van der Waals surface area contributed by atoms with E-state index < -0.39 is 17.9 Å². The maximum atomic E-state index is 12.3. The zero-order valence-electron chi connectivity index (χ0n) is 16.6. The van der Waals surface area contributed by atoms with Crippen molar-refractivity contribution in [3.8, 4) is 5.75 Å². The predicted octanol–water partition coefficient (Wildman–Crippen LogP) is 2.68. The van der Waals surface area contributed by atoms with E-state index in [9.17, 15) is 19.5 Å². The summed E-state index contributed by atoms with van der Waals surface area (Å²) in [7, 11) is 0. The zero-order chi connectivity index (χ0) is 21.0. The minimum Gasteiger partial charge on any atom is -0.483 e. The highest BCUT2D eigenvalue weighted by atomic mass is 32.2. The Labute approximate surface area is 172 Å². The van der Waals surface area contributed by atoms with E-state index in [1.807, 2.05) is 12.3 Å². The first kappa shape index (κ1) is 21.2.